The molecule has 3 aromatic rings. The summed E-state index contributed by atoms with van der Waals surface area (Å²) in [4.78, 5) is 12.4. The van der Waals surface area contributed by atoms with E-state index in [1.54, 1.807) is 24.3 Å². The minimum Gasteiger partial charge on any atom is -0.454 e. The minimum atomic E-state index is -3.65. The fourth-order valence-corrected chi connectivity index (χ4v) is 4.78. The molecule has 33 heavy (non-hydrogen) atoms. The summed E-state index contributed by atoms with van der Waals surface area (Å²) in [6.07, 6.45) is 0.821. The van der Waals surface area contributed by atoms with Gasteiger partial charge in [0.25, 0.3) is 0 Å². The summed E-state index contributed by atoms with van der Waals surface area (Å²) in [5.74, 6) is 1.31. The molecule has 4 rings (SSSR count). The van der Waals surface area contributed by atoms with Crippen LogP contribution in [0.4, 0.5) is 0 Å². The van der Waals surface area contributed by atoms with Crippen molar-refractivity contribution in [3.8, 4) is 11.5 Å². The van der Waals surface area contributed by atoms with Crippen molar-refractivity contribution in [3.63, 3.8) is 0 Å². The van der Waals surface area contributed by atoms with Crippen molar-refractivity contribution in [1.82, 2.24) is 10.0 Å². The molecule has 0 saturated heterocycles. The standard InChI is InChI=1S/C25H26N2O5S/c1-18(21-5-3-2-4-6-21)27-33(29,30)22-11-7-19(8-12-22)10-14-25(28)26-16-20-9-13-23-24(15-20)32-17-31-23/h2-9,11-13,15,18,27H,10,14,16-17H2,1H3,(H,26,28)/t18-/m0/s1. The highest BCUT2D eigenvalue weighted by Gasteiger charge is 2.18. The molecule has 1 amide bonds. The Morgan fingerprint density at radius 1 is 0.939 bits per heavy atom. The quantitative estimate of drug-likeness (QED) is 0.502. The van der Waals surface area contributed by atoms with E-state index in [4.69, 9.17) is 9.47 Å². The molecule has 1 aliphatic rings. The third-order valence-electron chi connectivity index (χ3n) is 5.43. The second-order valence-electron chi connectivity index (χ2n) is 7.86. The molecule has 1 atom stereocenters. The van der Waals surface area contributed by atoms with Crippen molar-refractivity contribution >= 4 is 15.9 Å². The largest absolute Gasteiger partial charge is 0.454 e. The first kappa shape index (κ1) is 22.8. The fourth-order valence-electron chi connectivity index (χ4n) is 3.54. The van der Waals surface area contributed by atoms with E-state index in [0.29, 0.717) is 30.9 Å². The zero-order valence-electron chi connectivity index (χ0n) is 18.3. The van der Waals surface area contributed by atoms with E-state index >= 15 is 0 Å². The molecular formula is C25H26N2O5S. The maximum atomic E-state index is 12.7. The normalized spacial score (nSPS) is 13.5. The molecule has 3 aromatic carbocycles. The summed E-state index contributed by atoms with van der Waals surface area (Å²) >= 11 is 0. The predicted molar refractivity (Wildman–Crippen MR) is 124 cm³/mol. The van der Waals surface area contributed by atoms with Gasteiger partial charge in [-0.25, -0.2) is 13.1 Å². The minimum absolute atomic E-state index is 0.0808. The van der Waals surface area contributed by atoms with Crippen molar-refractivity contribution in [2.24, 2.45) is 0 Å². The average Bonchev–Trinajstić information content (AvgIpc) is 3.30. The second-order valence-corrected chi connectivity index (χ2v) is 9.58. The number of hydrogen-bond donors (Lipinski definition) is 2. The lowest BCUT2D eigenvalue weighted by molar-refractivity contribution is -0.121. The summed E-state index contributed by atoms with van der Waals surface area (Å²) in [7, 11) is -3.65. The van der Waals surface area contributed by atoms with E-state index < -0.39 is 10.0 Å². The van der Waals surface area contributed by atoms with Crippen LogP contribution in [-0.2, 0) is 27.8 Å². The van der Waals surface area contributed by atoms with Crippen molar-refractivity contribution in [2.75, 3.05) is 6.79 Å². The average molecular weight is 467 g/mol. The number of ether oxygens (including phenoxy) is 2. The molecule has 0 aromatic heterocycles. The molecule has 172 valence electrons. The first-order chi connectivity index (χ1) is 15.9. The first-order valence-corrected chi connectivity index (χ1v) is 12.2. The van der Waals surface area contributed by atoms with Crippen LogP contribution in [-0.4, -0.2) is 21.1 Å². The maximum absolute atomic E-state index is 12.7. The van der Waals surface area contributed by atoms with Crippen LogP contribution in [0.5, 0.6) is 11.5 Å². The number of amides is 1. The molecule has 8 heteroatoms. The topological polar surface area (TPSA) is 93.7 Å². The maximum Gasteiger partial charge on any atom is 0.241 e. The van der Waals surface area contributed by atoms with E-state index in [-0.39, 0.29) is 23.6 Å². The Bertz CT molecular complexity index is 1210. The molecule has 1 heterocycles. The van der Waals surface area contributed by atoms with E-state index in [2.05, 4.69) is 10.0 Å². The zero-order chi connectivity index (χ0) is 23.3. The summed E-state index contributed by atoms with van der Waals surface area (Å²) in [6, 6.07) is 21.3. The molecule has 0 unspecified atom stereocenters. The van der Waals surface area contributed by atoms with Gasteiger partial charge in [-0.2, -0.15) is 0 Å². The highest BCUT2D eigenvalue weighted by Crippen LogP contribution is 2.32. The van der Waals surface area contributed by atoms with Gasteiger partial charge in [0, 0.05) is 19.0 Å². The van der Waals surface area contributed by atoms with Crippen LogP contribution in [0.1, 0.15) is 36.1 Å². The predicted octanol–water partition coefficient (Wildman–Crippen LogP) is 3.70. The van der Waals surface area contributed by atoms with Gasteiger partial charge in [-0.05, 0) is 54.3 Å². The lowest BCUT2D eigenvalue weighted by Crippen LogP contribution is -2.26. The molecular weight excluding hydrogens is 440 g/mol. The van der Waals surface area contributed by atoms with Gasteiger partial charge in [0.15, 0.2) is 11.5 Å². The van der Waals surface area contributed by atoms with Crippen LogP contribution in [0, 0.1) is 0 Å². The fraction of sp³-hybridized carbons (Fsp3) is 0.240. The molecule has 0 bridgehead atoms. The van der Waals surface area contributed by atoms with Gasteiger partial charge < -0.3 is 14.8 Å². The van der Waals surface area contributed by atoms with Gasteiger partial charge in [0.05, 0.1) is 4.90 Å². The van der Waals surface area contributed by atoms with Crippen molar-refractivity contribution in [1.29, 1.82) is 0 Å². The third kappa shape index (κ3) is 5.91. The summed E-state index contributed by atoms with van der Waals surface area (Å²) in [5.41, 5.74) is 2.71. The third-order valence-corrected chi connectivity index (χ3v) is 6.99. The van der Waals surface area contributed by atoms with E-state index in [0.717, 1.165) is 16.7 Å². The van der Waals surface area contributed by atoms with Gasteiger partial charge in [-0.15, -0.1) is 0 Å². The Balaban J connectivity index is 1.27. The number of hydrogen-bond acceptors (Lipinski definition) is 5. The number of sulfonamides is 1. The van der Waals surface area contributed by atoms with Gasteiger partial charge in [-0.1, -0.05) is 48.5 Å². The Morgan fingerprint density at radius 2 is 1.64 bits per heavy atom. The van der Waals surface area contributed by atoms with Crippen LogP contribution in [0.3, 0.4) is 0 Å². The number of carbonyl (C=O) groups excluding carboxylic acids is 1. The molecule has 7 nitrogen and oxygen atoms in total. The second kappa shape index (κ2) is 10.1. The van der Waals surface area contributed by atoms with Gasteiger partial charge in [0.1, 0.15) is 0 Å². The smallest absolute Gasteiger partial charge is 0.241 e. The van der Waals surface area contributed by atoms with E-state index in [1.165, 1.54) is 0 Å². The number of fused-ring (bicyclic) bond motifs is 1. The zero-order valence-corrected chi connectivity index (χ0v) is 19.1. The summed E-state index contributed by atoms with van der Waals surface area (Å²) in [6.45, 7) is 2.43. The molecule has 0 saturated carbocycles. The summed E-state index contributed by atoms with van der Waals surface area (Å²) < 4.78 is 38.7. The van der Waals surface area contributed by atoms with Crippen LogP contribution >= 0.6 is 0 Å². The number of aryl methyl sites for hydroxylation is 1. The van der Waals surface area contributed by atoms with E-state index in [9.17, 15) is 13.2 Å². The van der Waals surface area contributed by atoms with Crippen molar-refractivity contribution in [3.05, 3.63) is 89.5 Å². The number of nitrogens with one attached hydrogen (secondary N) is 2. The van der Waals surface area contributed by atoms with Gasteiger partial charge in [-0.3, -0.25) is 4.79 Å². The SMILES string of the molecule is C[C@H](NS(=O)(=O)c1ccc(CCC(=O)NCc2ccc3c(c2)OCO3)cc1)c1ccccc1. The Hall–Kier alpha value is -3.36. The van der Waals surface area contributed by atoms with Crippen molar-refractivity contribution in [2.45, 2.75) is 37.2 Å². The lowest BCUT2D eigenvalue weighted by atomic mass is 10.1. The lowest BCUT2D eigenvalue weighted by Gasteiger charge is -2.15. The molecule has 0 aliphatic carbocycles. The van der Waals surface area contributed by atoms with Crippen LogP contribution in [0.2, 0.25) is 0 Å². The number of benzene rings is 3. The Labute approximate surface area is 193 Å². The number of carbonyl (C=O) groups is 1. The van der Waals surface area contributed by atoms with Crippen LogP contribution in [0.25, 0.3) is 0 Å². The Kier molecular flexibility index (Phi) is 6.96. The summed E-state index contributed by atoms with van der Waals surface area (Å²) in [5, 5.41) is 2.89. The molecule has 0 radical (unpaired) electrons. The molecule has 0 spiro atoms. The molecule has 0 fully saturated rings. The number of rotatable bonds is 9. The van der Waals surface area contributed by atoms with Gasteiger partial charge >= 0.3 is 0 Å². The van der Waals surface area contributed by atoms with Crippen LogP contribution < -0.4 is 19.5 Å². The Morgan fingerprint density at radius 3 is 2.39 bits per heavy atom. The first-order valence-electron chi connectivity index (χ1n) is 10.7. The molecule has 2 N–H and O–H groups in total. The van der Waals surface area contributed by atoms with Crippen molar-refractivity contribution < 1.29 is 22.7 Å². The highest BCUT2D eigenvalue weighted by atomic mass is 32.2. The monoisotopic (exact) mass is 466 g/mol. The van der Waals surface area contributed by atoms with E-state index in [1.807, 2.05) is 55.5 Å². The van der Waals surface area contributed by atoms with Gasteiger partial charge in [0.2, 0.25) is 22.7 Å². The highest BCUT2D eigenvalue weighted by molar-refractivity contribution is 7.89. The molecule has 1 aliphatic heterocycles. The van der Waals surface area contributed by atoms with Crippen LogP contribution in [0.15, 0.2) is 77.7 Å².